The van der Waals surface area contributed by atoms with E-state index < -0.39 is 0 Å². The zero-order valence-electron chi connectivity index (χ0n) is 21.6. The summed E-state index contributed by atoms with van der Waals surface area (Å²) in [5.74, 6) is 1.57. The highest BCUT2D eigenvalue weighted by Gasteiger charge is 2.22. The number of nitrogens with two attached hydrogens (primary N) is 1. The fraction of sp³-hybridized carbons (Fsp3) is 0.625. The maximum atomic E-state index is 10.9. The molecule has 0 saturated carbocycles. The number of nitrogens with zero attached hydrogens (tertiary/aromatic N) is 6. The molecule has 0 bridgehead atoms. The predicted octanol–water partition coefficient (Wildman–Crippen LogP) is 1.10. The second-order valence-electron chi connectivity index (χ2n) is 8.99. The summed E-state index contributed by atoms with van der Waals surface area (Å²) in [5, 5.41) is 17.5. The minimum atomic E-state index is -0.386. The highest BCUT2D eigenvalue weighted by atomic mass is 16.6. The maximum absolute atomic E-state index is 10.9. The van der Waals surface area contributed by atoms with Gasteiger partial charge in [-0.1, -0.05) is 0 Å². The van der Waals surface area contributed by atoms with Gasteiger partial charge in [0.05, 0.1) is 37.5 Å². The third kappa shape index (κ3) is 8.34. The highest BCUT2D eigenvalue weighted by molar-refractivity contribution is 5.53. The number of non-ortho nitro benzene ring substituents is 1. The van der Waals surface area contributed by atoms with Gasteiger partial charge in [0, 0.05) is 70.2 Å². The van der Waals surface area contributed by atoms with Crippen molar-refractivity contribution in [2.75, 3.05) is 99.3 Å². The van der Waals surface area contributed by atoms with Gasteiger partial charge in [-0.2, -0.15) is 15.0 Å². The average molecular weight is 532 g/mol. The molecule has 14 heteroatoms. The van der Waals surface area contributed by atoms with Crippen LogP contribution in [0.2, 0.25) is 0 Å². The molecule has 0 radical (unpaired) electrons. The normalized spacial score (nSPS) is 17.6. The molecule has 2 aromatic rings. The van der Waals surface area contributed by atoms with Gasteiger partial charge in [0.2, 0.25) is 17.8 Å². The number of aromatic nitrogens is 3. The standard InChI is InChI=1S/C24H37N9O5/c25-7-14-36-16-17-37-15-8-26-22-28-23(27-18-21-2-1-13-38-21)30-24(29-22)32-11-9-31(10-12-32)19-3-5-20(6-4-19)33(34)35/h3-6,21H,1-2,7-18,25H2,(H2,26,27,28,29,30). The molecule has 1 atom stereocenters. The van der Waals surface area contributed by atoms with E-state index in [0.29, 0.717) is 77.0 Å². The number of hydrogen-bond donors (Lipinski definition) is 3. The molecule has 1 unspecified atom stereocenters. The zero-order chi connectivity index (χ0) is 26.6. The molecule has 4 rings (SSSR count). The molecular formula is C24H37N9O5. The molecule has 2 saturated heterocycles. The topological polar surface area (TPSA) is 166 Å². The van der Waals surface area contributed by atoms with Crippen LogP contribution in [0.5, 0.6) is 0 Å². The summed E-state index contributed by atoms with van der Waals surface area (Å²) in [6.45, 7) is 7.38. The van der Waals surface area contributed by atoms with E-state index in [4.69, 9.17) is 19.9 Å². The number of nitro groups is 1. The summed E-state index contributed by atoms with van der Waals surface area (Å²) in [6, 6.07) is 6.65. The van der Waals surface area contributed by atoms with Crippen molar-refractivity contribution in [1.82, 2.24) is 15.0 Å². The monoisotopic (exact) mass is 531 g/mol. The Morgan fingerprint density at radius 3 is 2.32 bits per heavy atom. The quantitative estimate of drug-likeness (QED) is 0.170. The molecule has 208 valence electrons. The average Bonchev–Trinajstić information content (AvgIpc) is 3.47. The first-order valence-corrected chi connectivity index (χ1v) is 13.1. The summed E-state index contributed by atoms with van der Waals surface area (Å²) in [7, 11) is 0. The summed E-state index contributed by atoms with van der Waals surface area (Å²) in [4.78, 5) is 28.8. The van der Waals surface area contributed by atoms with Crippen LogP contribution in [0.15, 0.2) is 24.3 Å². The van der Waals surface area contributed by atoms with E-state index in [0.717, 1.165) is 38.2 Å². The molecule has 0 amide bonds. The van der Waals surface area contributed by atoms with Crippen LogP contribution in [0.4, 0.5) is 29.2 Å². The number of anilines is 4. The number of nitro benzene ring substituents is 1. The number of nitrogens with one attached hydrogen (secondary N) is 2. The minimum Gasteiger partial charge on any atom is -0.378 e. The molecule has 2 fully saturated rings. The van der Waals surface area contributed by atoms with Gasteiger partial charge in [0.1, 0.15) is 0 Å². The number of benzene rings is 1. The van der Waals surface area contributed by atoms with E-state index in [1.807, 2.05) is 0 Å². The summed E-state index contributed by atoms with van der Waals surface area (Å²) in [5.41, 5.74) is 6.45. The lowest BCUT2D eigenvalue weighted by atomic mass is 10.2. The van der Waals surface area contributed by atoms with E-state index in [-0.39, 0.29) is 16.7 Å². The Hall–Kier alpha value is -3.33. The van der Waals surface area contributed by atoms with Gasteiger partial charge >= 0.3 is 0 Å². The smallest absolute Gasteiger partial charge is 0.269 e. The molecule has 14 nitrogen and oxygen atoms in total. The highest BCUT2D eigenvalue weighted by Crippen LogP contribution is 2.23. The Bertz CT molecular complexity index is 999. The second-order valence-corrected chi connectivity index (χ2v) is 8.99. The van der Waals surface area contributed by atoms with Crippen molar-refractivity contribution in [2.45, 2.75) is 18.9 Å². The van der Waals surface area contributed by atoms with Gasteiger partial charge in [0.15, 0.2) is 0 Å². The third-order valence-electron chi connectivity index (χ3n) is 6.29. The van der Waals surface area contributed by atoms with Crippen molar-refractivity contribution in [3.63, 3.8) is 0 Å². The lowest BCUT2D eigenvalue weighted by Gasteiger charge is -2.36. The molecule has 1 aromatic heterocycles. The van der Waals surface area contributed by atoms with Crippen LogP contribution >= 0.6 is 0 Å². The predicted molar refractivity (Wildman–Crippen MR) is 144 cm³/mol. The third-order valence-corrected chi connectivity index (χ3v) is 6.29. The molecular weight excluding hydrogens is 494 g/mol. The molecule has 2 aliphatic rings. The Morgan fingerprint density at radius 2 is 1.66 bits per heavy atom. The Kier molecular flexibility index (Phi) is 10.6. The van der Waals surface area contributed by atoms with Crippen LogP contribution in [-0.2, 0) is 14.2 Å². The van der Waals surface area contributed by atoms with Gasteiger partial charge in [-0.05, 0) is 25.0 Å². The summed E-state index contributed by atoms with van der Waals surface area (Å²) >= 11 is 0. The summed E-state index contributed by atoms with van der Waals surface area (Å²) in [6.07, 6.45) is 2.25. The number of rotatable bonds is 15. The molecule has 2 aliphatic heterocycles. The van der Waals surface area contributed by atoms with Crippen molar-refractivity contribution in [3.8, 4) is 0 Å². The first-order valence-electron chi connectivity index (χ1n) is 13.1. The van der Waals surface area contributed by atoms with Crippen molar-refractivity contribution in [2.24, 2.45) is 5.73 Å². The lowest BCUT2D eigenvalue weighted by Crippen LogP contribution is -2.47. The molecule has 38 heavy (non-hydrogen) atoms. The van der Waals surface area contributed by atoms with E-state index in [1.54, 1.807) is 12.1 Å². The second kappa shape index (κ2) is 14.6. The Labute approximate surface area is 222 Å². The van der Waals surface area contributed by atoms with Gasteiger partial charge in [-0.3, -0.25) is 10.1 Å². The van der Waals surface area contributed by atoms with E-state index in [9.17, 15) is 10.1 Å². The van der Waals surface area contributed by atoms with Gasteiger partial charge < -0.3 is 40.4 Å². The molecule has 0 spiro atoms. The molecule has 0 aliphatic carbocycles. The van der Waals surface area contributed by atoms with Gasteiger partial charge in [-0.25, -0.2) is 0 Å². The van der Waals surface area contributed by atoms with Crippen LogP contribution in [0.3, 0.4) is 0 Å². The number of hydrogen-bond acceptors (Lipinski definition) is 13. The Morgan fingerprint density at radius 1 is 0.974 bits per heavy atom. The number of piperazine rings is 1. The largest absolute Gasteiger partial charge is 0.378 e. The first-order chi connectivity index (χ1) is 18.6. The van der Waals surface area contributed by atoms with E-state index in [1.165, 1.54) is 12.1 Å². The van der Waals surface area contributed by atoms with Crippen LogP contribution in [-0.4, -0.2) is 105 Å². The maximum Gasteiger partial charge on any atom is 0.269 e. The fourth-order valence-electron chi connectivity index (χ4n) is 4.26. The first kappa shape index (κ1) is 27.7. The minimum absolute atomic E-state index is 0.0889. The van der Waals surface area contributed by atoms with Gasteiger partial charge in [-0.15, -0.1) is 0 Å². The zero-order valence-corrected chi connectivity index (χ0v) is 21.6. The van der Waals surface area contributed by atoms with Crippen LogP contribution in [0.25, 0.3) is 0 Å². The van der Waals surface area contributed by atoms with E-state index >= 15 is 0 Å². The molecule has 3 heterocycles. The van der Waals surface area contributed by atoms with Crippen LogP contribution < -0.4 is 26.2 Å². The van der Waals surface area contributed by atoms with Crippen molar-refractivity contribution >= 4 is 29.2 Å². The SMILES string of the molecule is NCCOCCOCCNc1nc(NCC2CCCO2)nc(N2CCN(c3ccc([N+](=O)[O-])cc3)CC2)n1. The molecule has 4 N–H and O–H groups in total. The Balaban J connectivity index is 1.33. The summed E-state index contributed by atoms with van der Waals surface area (Å²) < 4.78 is 16.6. The van der Waals surface area contributed by atoms with Gasteiger partial charge in [0.25, 0.3) is 5.69 Å². The van der Waals surface area contributed by atoms with Crippen LogP contribution in [0.1, 0.15) is 12.8 Å². The fourth-order valence-corrected chi connectivity index (χ4v) is 4.26. The van der Waals surface area contributed by atoms with Crippen molar-refractivity contribution in [1.29, 1.82) is 0 Å². The lowest BCUT2D eigenvalue weighted by molar-refractivity contribution is -0.384. The number of ether oxygens (including phenoxy) is 3. The van der Waals surface area contributed by atoms with Crippen molar-refractivity contribution < 1.29 is 19.1 Å². The van der Waals surface area contributed by atoms with Crippen LogP contribution in [0, 0.1) is 10.1 Å². The van der Waals surface area contributed by atoms with E-state index in [2.05, 4.69) is 35.4 Å². The molecule has 1 aromatic carbocycles. The van der Waals surface area contributed by atoms with Crippen molar-refractivity contribution in [3.05, 3.63) is 34.4 Å².